The first-order valence-corrected chi connectivity index (χ1v) is 9.05. The summed E-state index contributed by atoms with van der Waals surface area (Å²) in [7, 11) is 4.78. The molecule has 0 amide bonds. The molecule has 0 aliphatic carbocycles. The lowest BCUT2D eigenvalue weighted by molar-refractivity contribution is 0.270. The zero-order valence-electron chi connectivity index (χ0n) is 16.4. The van der Waals surface area contributed by atoms with Gasteiger partial charge < -0.3 is 29.3 Å². The van der Waals surface area contributed by atoms with Gasteiger partial charge in [0.15, 0.2) is 11.5 Å². The fourth-order valence-electron chi connectivity index (χ4n) is 3.14. The molecule has 1 aromatic carbocycles. The Morgan fingerprint density at radius 3 is 2.22 bits per heavy atom. The number of nitrogens with zero attached hydrogens (tertiary/aromatic N) is 4. The molecule has 1 aliphatic heterocycles. The normalized spacial score (nSPS) is 14.7. The molecular weight excluding hydrogens is 346 g/mol. The van der Waals surface area contributed by atoms with E-state index in [1.807, 2.05) is 18.2 Å². The minimum atomic E-state index is 0.558. The minimum absolute atomic E-state index is 0.558. The van der Waals surface area contributed by atoms with Crippen molar-refractivity contribution in [3.8, 4) is 17.2 Å². The van der Waals surface area contributed by atoms with Crippen LogP contribution in [0.4, 0.5) is 17.5 Å². The minimum Gasteiger partial charge on any atom is -0.493 e. The first kappa shape index (κ1) is 19.0. The van der Waals surface area contributed by atoms with Gasteiger partial charge in [0.1, 0.15) is 5.82 Å². The molecule has 8 heteroatoms. The molecule has 3 rings (SSSR count). The summed E-state index contributed by atoms with van der Waals surface area (Å²) in [6.45, 7) is 7.20. The monoisotopic (exact) mass is 373 g/mol. The van der Waals surface area contributed by atoms with Gasteiger partial charge in [0.05, 0.1) is 21.3 Å². The third kappa shape index (κ3) is 4.33. The molecule has 0 saturated carbocycles. The first-order chi connectivity index (χ1) is 13.2. The second-order valence-corrected chi connectivity index (χ2v) is 6.20. The molecule has 1 aliphatic rings. The standard InChI is InChI=1S/C19H27N5O3/c1-5-23-8-10-24(11-9-23)19-20-7-6-17(22-19)21-14-12-15(25-2)18(27-4)16(13-14)26-3/h6-7,12-13H,5,8-11H2,1-4H3,(H,20,21,22). The van der Waals surface area contributed by atoms with Crippen LogP contribution >= 0.6 is 0 Å². The average molecular weight is 373 g/mol. The summed E-state index contributed by atoms with van der Waals surface area (Å²) >= 11 is 0. The van der Waals surface area contributed by atoms with Crippen molar-refractivity contribution in [2.75, 3.05) is 64.3 Å². The smallest absolute Gasteiger partial charge is 0.227 e. The highest BCUT2D eigenvalue weighted by Crippen LogP contribution is 2.40. The number of aromatic nitrogens is 2. The average Bonchev–Trinajstić information content (AvgIpc) is 2.73. The van der Waals surface area contributed by atoms with E-state index in [2.05, 4.69) is 32.0 Å². The largest absolute Gasteiger partial charge is 0.493 e. The van der Waals surface area contributed by atoms with Crippen molar-refractivity contribution < 1.29 is 14.2 Å². The Hall–Kier alpha value is -2.74. The molecule has 0 unspecified atom stereocenters. The number of nitrogens with one attached hydrogen (secondary N) is 1. The van der Waals surface area contributed by atoms with Gasteiger partial charge in [-0.3, -0.25) is 0 Å². The van der Waals surface area contributed by atoms with Crippen molar-refractivity contribution in [1.29, 1.82) is 0 Å². The quantitative estimate of drug-likeness (QED) is 0.793. The lowest BCUT2D eigenvalue weighted by Crippen LogP contribution is -2.46. The van der Waals surface area contributed by atoms with Crippen LogP contribution in [0.2, 0.25) is 0 Å². The van der Waals surface area contributed by atoms with Crippen molar-refractivity contribution in [1.82, 2.24) is 14.9 Å². The van der Waals surface area contributed by atoms with Crippen LogP contribution in [0, 0.1) is 0 Å². The predicted molar refractivity (Wildman–Crippen MR) is 106 cm³/mol. The van der Waals surface area contributed by atoms with Gasteiger partial charge in [-0.15, -0.1) is 0 Å². The highest BCUT2D eigenvalue weighted by Gasteiger charge is 2.18. The summed E-state index contributed by atoms with van der Waals surface area (Å²) in [6.07, 6.45) is 1.77. The van der Waals surface area contributed by atoms with E-state index in [1.54, 1.807) is 27.5 Å². The molecule has 27 heavy (non-hydrogen) atoms. The summed E-state index contributed by atoms with van der Waals surface area (Å²) in [5.74, 6) is 3.19. The maximum absolute atomic E-state index is 5.41. The van der Waals surface area contributed by atoms with E-state index < -0.39 is 0 Å². The van der Waals surface area contributed by atoms with Gasteiger partial charge in [0, 0.05) is 50.2 Å². The molecule has 2 heterocycles. The number of hydrogen-bond donors (Lipinski definition) is 1. The molecule has 0 bridgehead atoms. The third-order valence-corrected chi connectivity index (χ3v) is 4.68. The molecule has 1 saturated heterocycles. The number of piperazine rings is 1. The Balaban J connectivity index is 1.78. The van der Waals surface area contributed by atoms with E-state index in [0.717, 1.165) is 44.4 Å². The fourth-order valence-corrected chi connectivity index (χ4v) is 3.14. The van der Waals surface area contributed by atoms with Crippen LogP contribution in [-0.2, 0) is 0 Å². The number of likely N-dealkylation sites (N-methyl/N-ethyl adjacent to an activating group) is 1. The molecule has 1 N–H and O–H groups in total. The number of methoxy groups -OCH3 is 3. The van der Waals surface area contributed by atoms with Gasteiger partial charge in [-0.05, 0) is 12.6 Å². The van der Waals surface area contributed by atoms with Gasteiger partial charge in [-0.1, -0.05) is 6.92 Å². The van der Waals surface area contributed by atoms with E-state index in [4.69, 9.17) is 14.2 Å². The third-order valence-electron chi connectivity index (χ3n) is 4.68. The summed E-state index contributed by atoms with van der Waals surface area (Å²) in [6, 6.07) is 5.54. The van der Waals surface area contributed by atoms with Gasteiger partial charge in [-0.2, -0.15) is 4.98 Å². The van der Waals surface area contributed by atoms with Gasteiger partial charge in [-0.25, -0.2) is 4.98 Å². The number of anilines is 3. The van der Waals surface area contributed by atoms with E-state index in [1.165, 1.54) is 0 Å². The summed E-state index contributed by atoms with van der Waals surface area (Å²) in [5.41, 5.74) is 0.796. The Morgan fingerprint density at radius 2 is 1.67 bits per heavy atom. The highest BCUT2D eigenvalue weighted by molar-refractivity contribution is 5.67. The van der Waals surface area contributed by atoms with E-state index in [9.17, 15) is 0 Å². The van der Waals surface area contributed by atoms with Crippen molar-refractivity contribution in [2.24, 2.45) is 0 Å². The summed E-state index contributed by atoms with van der Waals surface area (Å²) in [4.78, 5) is 13.7. The van der Waals surface area contributed by atoms with Crippen molar-refractivity contribution in [3.05, 3.63) is 24.4 Å². The van der Waals surface area contributed by atoms with Crippen LogP contribution in [0.3, 0.4) is 0 Å². The molecule has 2 aromatic rings. The second kappa shape index (κ2) is 8.77. The second-order valence-electron chi connectivity index (χ2n) is 6.20. The van der Waals surface area contributed by atoms with Crippen molar-refractivity contribution in [2.45, 2.75) is 6.92 Å². The number of benzene rings is 1. The number of ether oxygens (including phenoxy) is 3. The SMILES string of the molecule is CCN1CCN(c2nccc(Nc3cc(OC)c(OC)c(OC)c3)n2)CC1. The van der Waals surface area contributed by atoms with Crippen LogP contribution in [-0.4, -0.2) is 68.9 Å². The molecule has 1 fully saturated rings. The first-order valence-electron chi connectivity index (χ1n) is 9.05. The molecule has 0 radical (unpaired) electrons. The van der Waals surface area contributed by atoms with E-state index >= 15 is 0 Å². The number of rotatable bonds is 7. The van der Waals surface area contributed by atoms with E-state index in [0.29, 0.717) is 23.1 Å². The summed E-state index contributed by atoms with van der Waals surface area (Å²) < 4.78 is 16.2. The Kier molecular flexibility index (Phi) is 6.18. The van der Waals surface area contributed by atoms with Crippen molar-refractivity contribution >= 4 is 17.5 Å². The molecule has 146 valence electrons. The van der Waals surface area contributed by atoms with Crippen LogP contribution in [0.15, 0.2) is 24.4 Å². The van der Waals surface area contributed by atoms with E-state index in [-0.39, 0.29) is 0 Å². The molecule has 1 aromatic heterocycles. The highest BCUT2D eigenvalue weighted by atomic mass is 16.5. The van der Waals surface area contributed by atoms with Crippen LogP contribution in [0.5, 0.6) is 17.2 Å². The fraction of sp³-hybridized carbons (Fsp3) is 0.474. The topological polar surface area (TPSA) is 72.0 Å². The zero-order chi connectivity index (χ0) is 19.2. The predicted octanol–water partition coefficient (Wildman–Crippen LogP) is 2.39. The maximum Gasteiger partial charge on any atom is 0.227 e. The van der Waals surface area contributed by atoms with Crippen LogP contribution < -0.4 is 24.4 Å². The molecule has 0 atom stereocenters. The lowest BCUT2D eigenvalue weighted by Gasteiger charge is -2.34. The Morgan fingerprint density at radius 1 is 1.00 bits per heavy atom. The maximum atomic E-state index is 5.41. The van der Waals surface area contributed by atoms with Gasteiger partial charge in [0.2, 0.25) is 11.7 Å². The van der Waals surface area contributed by atoms with Gasteiger partial charge in [0.25, 0.3) is 0 Å². The summed E-state index contributed by atoms with van der Waals surface area (Å²) in [5, 5.41) is 3.30. The van der Waals surface area contributed by atoms with Crippen LogP contribution in [0.1, 0.15) is 6.92 Å². The lowest BCUT2D eigenvalue weighted by atomic mass is 10.2. The number of hydrogen-bond acceptors (Lipinski definition) is 8. The molecular formula is C19H27N5O3. The van der Waals surface area contributed by atoms with Crippen molar-refractivity contribution in [3.63, 3.8) is 0 Å². The molecule has 0 spiro atoms. The Labute approximate surface area is 160 Å². The molecule has 8 nitrogen and oxygen atoms in total. The van der Waals surface area contributed by atoms with Crippen LogP contribution in [0.25, 0.3) is 0 Å². The van der Waals surface area contributed by atoms with Gasteiger partial charge >= 0.3 is 0 Å². The zero-order valence-corrected chi connectivity index (χ0v) is 16.4. The Bertz CT molecular complexity index is 738.